The molecule has 0 amide bonds. The van der Waals surface area contributed by atoms with Gasteiger partial charge >= 0.3 is 0 Å². The Morgan fingerprint density at radius 1 is 1.61 bits per heavy atom. The van der Waals surface area contributed by atoms with E-state index in [2.05, 4.69) is 28.0 Å². The Bertz CT molecular complexity index is 546. The van der Waals surface area contributed by atoms with Crippen molar-refractivity contribution in [1.82, 2.24) is 14.9 Å². The number of fused-ring (bicyclic) bond motifs is 1. The van der Waals surface area contributed by atoms with Gasteiger partial charge in [0, 0.05) is 36.6 Å². The molecule has 0 aromatic carbocycles. The Hall–Kier alpha value is -0.840. The minimum absolute atomic E-state index is 0.518. The molecule has 1 atom stereocenters. The summed E-state index contributed by atoms with van der Waals surface area (Å²) in [5, 5.41) is 6.51. The van der Waals surface area contributed by atoms with Gasteiger partial charge in [-0.15, -0.1) is 11.3 Å². The lowest BCUT2D eigenvalue weighted by Gasteiger charge is -2.24. The highest BCUT2D eigenvalue weighted by molar-refractivity contribution is 7.10. The molecular formula is C13H16ClN3S. The highest BCUT2D eigenvalue weighted by atomic mass is 35.5. The van der Waals surface area contributed by atoms with E-state index in [0.29, 0.717) is 6.04 Å². The molecular weight excluding hydrogens is 266 g/mol. The first kappa shape index (κ1) is 12.2. The quantitative estimate of drug-likeness (QED) is 0.937. The molecule has 0 radical (unpaired) electrons. The van der Waals surface area contributed by atoms with Gasteiger partial charge in [-0.25, -0.2) is 4.98 Å². The number of aryl methyl sites for hydroxylation is 2. The minimum atomic E-state index is 0.518. The van der Waals surface area contributed by atoms with Gasteiger partial charge in [-0.2, -0.15) is 0 Å². The summed E-state index contributed by atoms with van der Waals surface area (Å²) in [5.74, 6) is 1.22. The second-order valence-corrected chi connectivity index (χ2v) is 6.17. The zero-order valence-electron chi connectivity index (χ0n) is 10.3. The van der Waals surface area contributed by atoms with Crippen molar-refractivity contribution in [3.05, 3.63) is 39.1 Å². The lowest BCUT2D eigenvalue weighted by Crippen LogP contribution is -2.36. The van der Waals surface area contributed by atoms with Crippen molar-refractivity contribution in [3.63, 3.8) is 0 Å². The van der Waals surface area contributed by atoms with E-state index >= 15 is 0 Å². The molecule has 0 fully saturated rings. The number of imidazole rings is 1. The third-order valence-corrected chi connectivity index (χ3v) is 4.74. The average molecular weight is 282 g/mol. The Balaban J connectivity index is 1.61. The summed E-state index contributed by atoms with van der Waals surface area (Å²) in [4.78, 5) is 5.75. The predicted molar refractivity (Wildman–Crippen MR) is 75.2 cm³/mol. The van der Waals surface area contributed by atoms with Crippen LogP contribution in [0.4, 0.5) is 0 Å². The zero-order valence-corrected chi connectivity index (χ0v) is 11.9. The van der Waals surface area contributed by atoms with Crippen LogP contribution < -0.4 is 5.32 Å². The van der Waals surface area contributed by atoms with Gasteiger partial charge in [0.25, 0.3) is 0 Å². The van der Waals surface area contributed by atoms with Crippen LogP contribution in [0.2, 0.25) is 5.02 Å². The molecule has 1 aliphatic heterocycles. The fraction of sp³-hybridized carbons (Fsp3) is 0.462. The lowest BCUT2D eigenvalue weighted by molar-refractivity contribution is 0.380. The van der Waals surface area contributed by atoms with Crippen molar-refractivity contribution < 1.29 is 0 Å². The highest BCUT2D eigenvalue weighted by Gasteiger charge is 2.19. The lowest BCUT2D eigenvalue weighted by atomic mass is 10.1. The molecule has 18 heavy (non-hydrogen) atoms. The minimum Gasteiger partial charge on any atom is -0.333 e. The van der Waals surface area contributed by atoms with Crippen molar-refractivity contribution in [2.24, 2.45) is 0 Å². The number of rotatable bonds is 3. The standard InChI is InChI=1S/C13H16ClN3S/c1-9-7-17-8-10(2-3-13(17)16-9)15-6-12-11(14)4-5-18-12/h4-5,7,10,15H,2-3,6,8H2,1H3/t10-/m1/s1. The van der Waals surface area contributed by atoms with Crippen molar-refractivity contribution in [1.29, 1.82) is 0 Å². The molecule has 0 bridgehead atoms. The molecule has 0 aliphatic carbocycles. The van der Waals surface area contributed by atoms with Crippen LogP contribution in [0.15, 0.2) is 17.6 Å². The fourth-order valence-electron chi connectivity index (χ4n) is 2.44. The molecule has 2 aromatic heterocycles. The summed E-state index contributed by atoms with van der Waals surface area (Å²) in [7, 11) is 0. The van der Waals surface area contributed by atoms with E-state index in [4.69, 9.17) is 11.6 Å². The number of halogens is 1. The molecule has 0 unspecified atom stereocenters. The topological polar surface area (TPSA) is 29.9 Å². The first-order valence-corrected chi connectivity index (χ1v) is 7.46. The van der Waals surface area contributed by atoms with Crippen LogP contribution >= 0.6 is 22.9 Å². The number of hydrogen-bond donors (Lipinski definition) is 1. The van der Waals surface area contributed by atoms with Gasteiger partial charge in [-0.1, -0.05) is 11.6 Å². The van der Waals surface area contributed by atoms with Crippen molar-refractivity contribution >= 4 is 22.9 Å². The molecule has 1 N–H and O–H groups in total. The summed E-state index contributed by atoms with van der Waals surface area (Å²) >= 11 is 7.81. The van der Waals surface area contributed by atoms with Crippen molar-refractivity contribution in [2.75, 3.05) is 0 Å². The molecule has 0 spiro atoms. The molecule has 0 saturated carbocycles. The van der Waals surface area contributed by atoms with E-state index in [0.717, 1.165) is 36.6 Å². The second-order valence-electron chi connectivity index (χ2n) is 4.76. The number of hydrogen-bond acceptors (Lipinski definition) is 3. The molecule has 3 nitrogen and oxygen atoms in total. The Morgan fingerprint density at radius 2 is 2.50 bits per heavy atom. The maximum Gasteiger partial charge on any atom is 0.109 e. The first-order chi connectivity index (χ1) is 8.72. The van der Waals surface area contributed by atoms with Gasteiger partial charge in [0.15, 0.2) is 0 Å². The smallest absolute Gasteiger partial charge is 0.109 e. The van der Waals surface area contributed by atoms with Crippen LogP contribution in [0.5, 0.6) is 0 Å². The van der Waals surface area contributed by atoms with Crippen LogP contribution in [0.1, 0.15) is 22.8 Å². The number of aromatic nitrogens is 2. The Morgan fingerprint density at radius 3 is 3.28 bits per heavy atom. The highest BCUT2D eigenvalue weighted by Crippen LogP contribution is 2.22. The van der Waals surface area contributed by atoms with Crippen molar-refractivity contribution in [2.45, 2.75) is 38.9 Å². The van der Waals surface area contributed by atoms with E-state index in [1.807, 2.05) is 11.4 Å². The monoisotopic (exact) mass is 281 g/mol. The average Bonchev–Trinajstić information content (AvgIpc) is 2.90. The van der Waals surface area contributed by atoms with Gasteiger partial charge in [-0.3, -0.25) is 0 Å². The van der Waals surface area contributed by atoms with Gasteiger partial charge in [0.05, 0.1) is 10.7 Å². The van der Waals surface area contributed by atoms with Gasteiger partial charge in [0.1, 0.15) is 5.82 Å². The van der Waals surface area contributed by atoms with Crippen LogP contribution in [-0.2, 0) is 19.5 Å². The first-order valence-electron chi connectivity index (χ1n) is 6.20. The zero-order chi connectivity index (χ0) is 12.5. The second kappa shape index (κ2) is 5.03. The normalized spacial score (nSPS) is 18.9. The Labute approximate surface area is 116 Å². The maximum absolute atomic E-state index is 6.10. The van der Waals surface area contributed by atoms with Gasteiger partial charge in [-0.05, 0) is 24.8 Å². The fourth-order valence-corrected chi connectivity index (χ4v) is 3.50. The SMILES string of the molecule is Cc1cn2c(n1)CC[C@@H](NCc1sccc1Cl)C2. The van der Waals surface area contributed by atoms with E-state index in [-0.39, 0.29) is 0 Å². The largest absolute Gasteiger partial charge is 0.333 e. The third kappa shape index (κ3) is 2.46. The van der Waals surface area contributed by atoms with Crippen LogP contribution in [0.3, 0.4) is 0 Å². The summed E-state index contributed by atoms with van der Waals surface area (Å²) in [5.41, 5.74) is 1.12. The van der Waals surface area contributed by atoms with E-state index in [9.17, 15) is 0 Å². The Kier molecular flexibility index (Phi) is 3.41. The maximum atomic E-state index is 6.10. The van der Waals surface area contributed by atoms with Gasteiger partial charge < -0.3 is 9.88 Å². The molecule has 1 aliphatic rings. The summed E-state index contributed by atoms with van der Waals surface area (Å²) in [6.07, 6.45) is 4.35. The van der Waals surface area contributed by atoms with Gasteiger partial charge in [0.2, 0.25) is 0 Å². The van der Waals surface area contributed by atoms with E-state index < -0.39 is 0 Å². The third-order valence-electron chi connectivity index (χ3n) is 3.36. The number of nitrogens with zero attached hydrogens (tertiary/aromatic N) is 2. The molecule has 5 heteroatoms. The summed E-state index contributed by atoms with van der Waals surface area (Å²) in [6.45, 7) is 3.93. The molecule has 96 valence electrons. The van der Waals surface area contributed by atoms with Crippen LogP contribution in [0.25, 0.3) is 0 Å². The van der Waals surface area contributed by atoms with Crippen LogP contribution in [-0.4, -0.2) is 15.6 Å². The van der Waals surface area contributed by atoms with Crippen molar-refractivity contribution in [3.8, 4) is 0 Å². The van der Waals surface area contributed by atoms with E-state index in [1.165, 1.54) is 10.7 Å². The number of nitrogens with one attached hydrogen (secondary N) is 1. The summed E-state index contributed by atoms with van der Waals surface area (Å²) in [6, 6.07) is 2.48. The van der Waals surface area contributed by atoms with Crippen LogP contribution in [0, 0.1) is 6.92 Å². The summed E-state index contributed by atoms with van der Waals surface area (Å²) < 4.78 is 2.27. The molecule has 0 saturated heterocycles. The molecule has 3 heterocycles. The predicted octanol–water partition coefficient (Wildman–Crippen LogP) is 3.01. The molecule has 2 aromatic rings. The van der Waals surface area contributed by atoms with E-state index in [1.54, 1.807) is 11.3 Å². The molecule has 3 rings (SSSR count). The number of thiophene rings is 1.